The number of nitrogens with zero attached hydrogens (tertiary/aromatic N) is 4. The van der Waals surface area contributed by atoms with E-state index in [0.29, 0.717) is 11.9 Å². The second kappa shape index (κ2) is 6.79. The summed E-state index contributed by atoms with van der Waals surface area (Å²) in [5, 5.41) is 6.57. The normalized spacial score (nSPS) is 15.7. The van der Waals surface area contributed by atoms with Gasteiger partial charge in [-0.25, -0.2) is 19.9 Å². The summed E-state index contributed by atoms with van der Waals surface area (Å²) in [4.78, 5) is 17.4. The van der Waals surface area contributed by atoms with Crippen molar-refractivity contribution in [2.75, 3.05) is 18.4 Å². The fourth-order valence-corrected chi connectivity index (χ4v) is 2.86. The zero-order valence-electron chi connectivity index (χ0n) is 13.1. The molecular formula is C16H22N6. The lowest BCUT2D eigenvalue weighted by atomic mass is 9.93. The SMILES string of the molecule is Cc1cc(C)nc(Nc2cc(CC3CCNCC3)ncn2)n1. The van der Waals surface area contributed by atoms with Crippen LogP contribution in [0.25, 0.3) is 0 Å². The Morgan fingerprint density at radius 2 is 1.82 bits per heavy atom. The Bertz CT molecular complexity index is 616. The van der Waals surface area contributed by atoms with E-state index in [-0.39, 0.29) is 0 Å². The van der Waals surface area contributed by atoms with E-state index in [1.54, 1.807) is 6.33 Å². The summed E-state index contributed by atoms with van der Waals surface area (Å²) in [5.41, 5.74) is 2.96. The predicted octanol–water partition coefficient (Wildman–Crippen LogP) is 2.17. The molecule has 1 aliphatic heterocycles. The van der Waals surface area contributed by atoms with Gasteiger partial charge < -0.3 is 10.6 Å². The van der Waals surface area contributed by atoms with Crippen LogP contribution in [0.1, 0.15) is 29.9 Å². The third kappa shape index (κ3) is 3.98. The Balaban J connectivity index is 1.70. The maximum absolute atomic E-state index is 4.40. The van der Waals surface area contributed by atoms with Crippen LogP contribution in [-0.2, 0) is 6.42 Å². The number of hydrogen-bond donors (Lipinski definition) is 2. The summed E-state index contributed by atoms with van der Waals surface area (Å²) in [5.74, 6) is 2.05. The first-order valence-electron chi connectivity index (χ1n) is 7.80. The van der Waals surface area contributed by atoms with Crippen molar-refractivity contribution < 1.29 is 0 Å². The number of aryl methyl sites for hydroxylation is 2. The largest absolute Gasteiger partial charge is 0.317 e. The molecule has 0 bridgehead atoms. The molecule has 0 amide bonds. The molecule has 1 aliphatic rings. The number of hydrogen-bond acceptors (Lipinski definition) is 6. The highest BCUT2D eigenvalue weighted by atomic mass is 15.1. The molecule has 116 valence electrons. The van der Waals surface area contributed by atoms with Crippen LogP contribution in [-0.4, -0.2) is 33.0 Å². The van der Waals surface area contributed by atoms with Gasteiger partial charge in [0, 0.05) is 23.1 Å². The summed E-state index contributed by atoms with van der Waals surface area (Å²) in [6.45, 7) is 6.14. The minimum Gasteiger partial charge on any atom is -0.317 e. The lowest BCUT2D eigenvalue weighted by Crippen LogP contribution is -2.28. The van der Waals surface area contributed by atoms with E-state index in [1.165, 1.54) is 12.8 Å². The van der Waals surface area contributed by atoms with Gasteiger partial charge in [-0.3, -0.25) is 0 Å². The molecule has 0 saturated carbocycles. The molecule has 2 aromatic heterocycles. The molecule has 6 nitrogen and oxygen atoms in total. The van der Waals surface area contributed by atoms with Gasteiger partial charge in [0.1, 0.15) is 12.1 Å². The Labute approximate surface area is 130 Å². The first kappa shape index (κ1) is 14.8. The Morgan fingerprint density at radius 1 is 1.09 bits per heavy atom. The molecule has 0 atom stereocenters. The van der Waals surface area contributed by atoms with Crippen LogP contribution < -0.4 is 10.6 Å². The standard InChI is InChI=1S/C16H22N6/c1-11-7-12(2)21-16(20-11)22-15-9-14(18-10-19-15)8-13-3-5-17-6-4-13/h7,9-10,13,17H,3-6,8H2,1-2H3,(H,18,19,20,21,22). The van der Waals surface area contributed by atoms with Gasteiger partial charge >= 0.3 is 0 Å². The monoisotopic (exact) mass is 298 g/mol. The predicted molar refractivity (Wildman–Crippen MR) is 86.1 cm³/mol. The topological polar surface area (TPSA) is 75.6 Å². The number of rotatable bonds is 4. The number of anilines is 2. The maximum atomic E-state index is 4.40. The van der Waals surface area contributed by atoms with Crippen molar-refractivity contribution in [1.29, 1.82) is 0 Å². The zero-order chi connectivity index (χ0) is 15.4. The minimum atomic E-state index is 0.587. The molecule has 0 aromatic carbocycles. The molecule has 2 N–H and O–H groups in total. The van der Waals surface area contributed by atoms with E-state index < -0.39 is 0 Å². The average Bonchev–Trinajstić information content (AvgIpc) is 2.47. The molecule has 0 radical (unpaired) electrons. The smallest absolute Gasteiger partial charge is 0.228 e. The molecule has 6 heteroatoms. The molecule has 3 rings (SSSR count). The molecular weight excluding hydrogens is 276 g/mol. The highest BCUT2D eigenvalue weighted by Gasteiger charge is 2.14. The Kier molecular flexibility index (Phi) is 4.58. The van der Waals surface area contributed by atoms with Gasteiger partial charge in [0.2, 0.25) is 5.95 Å². The highest BCUT2D eigenvalue weighted by Crippen LogP contribution is 2.18. The Hall–Kier alpha value is -2.08. The quantitative estimate of drug-likeness (QED) is 0.901. The van der Waals surface area contributed by atoms with E-state index in [2.05, 4.69) is 30.6 Å². The van der Waals surface area contributed by atoms with Gasteiger partial charge in [-0.05, 0) is 58.2 Å². The van der Waals surface area contributed by atoms with Crippen molar-refractivity contribution in [3.8, 4) is 0 Å². The molecule has 0 spiro atoms. The van der Waals surface area contributed by atoms with Crippen molar-refractivity contribution in [2.24, 2.45) is 5.92 Å². The molecule has 0 aliphatic carbocycles. The fraction of sp³-hybridized carbons (Fsp3) is 0.500. The van der Waals surface area contributed by atoms with Crippen molar-refractivity contribution in [3.63, 3.8) is 0 Å². The average molecular weight is 298 g/mol. The van der Waals surface area contributed by atoms with Crippen LogP contribution in [0.3, 0.4) is 0 Å². The third-order valence-corrected chi connectivity index (χ3v) is 3.90. The van der Waals surface area contributed by atoms with Crippen molar-refractivity contribution in [2.45, 2.75) is 33.1 Å². The van der Waals surface area contributed by atoms with Crippen LogP contribution in [0.4, 0.5) is 11.8 Å². The van der Waals surface area contributed by atoms with E-state index in [0.717, 1.165) is 42.4 Å². The molecule has 2 aromatic rings. The van der Waals surface area contributed by atoms with Crippen molar-refractivity contribution in [1.82, 2.24) is 25.3 Å². The van der Waals surface area contributed by atoms with E-state index in [1.807, 2.05) is 26.0 Å². The minimum absolute atomic E-state index is 0.587. The first-order chi connectivity index (χ1) is 10.7. The van der Waals surface area contributed by atoms with Gasteiger partial charge in [-0.1, -0.05) is 0 Å². The summed E-state index contributed by atoms with van der Waals surface area (Å²) in [6, 6.07) is 3.96. The second-order valence-electron chi connectivity index (χ2n) is 5.89. The maximum Gasteiger partial charge on any atom is 0.228 e. The van der Waals surface area contributed by atoms with E-state index >= 15 is 0 Å². The molecule has 0 unspecified atom stereocenters. The molecule has 1 fully saturated rings. The van der Waals surface area contributed by atoms with Gasteiger partial charge in [0.15, 0.2) is 0 Å². The Morgan fingerprint density at radius 3 is 2.55 bits per heavy atom. The van der Waals surface area contributed by atoms with E-state index in [4.69, 9.17) is 0 Å². The van der Waals surface area contributed by atoms with Gasteiger partial charge in [-0.15, -0.1) is 0 Å². The summed E-state index contributed by atoms with van der Waals surface area (Å²) in [7, 11) is 0. The first-order valence-corrected chi connectivity index (χ1v) is 7.80. The van der Waals surface area contributed by atoms with Crippen LogP contribution >= 0.6 is 0 Å². The van der Waals surface area contributed by atoms with Gasteiger partial charge in [-0.2, -0.15) is 0 Å². The molecule has 22 heavy (non-hydrogen) atoms. The summed E-state index contributed by atoms with van der Waals surface area (Å²) >= 11 is 0. The fourth-order valence-electron chi connectivity index (χ4n) is 2.86. The van der Waals surface area contributed by atoms with Crippen LogP contribution in [0.5, 0.6) is 0 Å². The second-order valence-corrected chi connectivity index (χ2v) is 5.89. The lowest BCUT2D eigenvalue weighted by molar-refractivity contribution is 0.370. The van der Waals surface area contributed by atoms with Crippen LogP contribution in [0.2, 0.25) is 0 Å². The van der Waals surface area contributed by atoms with Gasteiger partial charge in [0.25, 0.3) is 0 Å². The third-order valence-electron chi connectivity index (χ3n) is 3.90. The summed E-state index contributed by atoms with van der Waals surface area (Å²) in [6.07, 6.45) is 5.05. The zero-order valence-corrected chi connectivity index (χ0v) is 13.1. The van der Waals surface area contributed by atoms with Crippen molar-refractivity contribution >= 4 is 11.8 Å². The summed E-state index contributed by atoms with van der Waals surface area (Å²) < 4.78 is 0. The molecule has 1 saturated heterocycles. The number of nitrogens with one attached hydrogen (secondary N) is 2. The van der Waals surface area contributed by atoms with Crippen LogP contribution in [0.15, 0.2) is 18.5 Å². The lowest BCUT2D eigenvalue weighted by Gasteiger charge is -2.22. The molecule has 3 heterocycles. The van der Waals surface area contributed by atoms with Crippen molar-refractivity contribution in [3.05, 3.63) is 35.5 Å². The number of piperidine rings is 1. The highest BCUT2D eigenvalue weighted by molar-refractivity contribution is 5.48. The van der Waals surface area contributed by atoms with Gasteiger partial charge in [0.05, 0.1) is 0 Å². The van der Waals surface area contributed by atoms with Crippen LogP contribution in [0, 0.1) is 19.8 Å². The van der Waals surface area contributed by atoms with E-state index in [9.17, 15) is 0 Å². The number of aromatic nitrogens is 4.